The van der Waals surface area contributed by atoms with Gasteiger partial charge in [-0.3, -0.25) is 9.48 Å². The molecule has 0 bridgehead atoms. The number of nitrogens with zero attached hydrogens (tertiary/aromatic N) is 2. The third kappa shape index (κ3) is 2.78. The number of thiophene rings is 1. The first-order valence-electron chi connectivity index (χ1n) is 7.38. The average molecular weight is 343 g/mol. The van der Waals surface area contributed by atoms with Gasteiger partial charge in [0.15, 0.2) is 0 Å². The Balaban J connectivity index is 1.90. The van der Waals surface area contributed by atoms with Crippen LogP contribution in [-0.2, 0) is 18.3 Å². The predicted octanol–water partition coefficient (Wildman–Crippen LogP) is 2.66. The second-order valence-electron chi connectivity index (χ2n) is 5.35. The Bertz CT molecular complexity index is 926. The van der Waals surface area contributed by atoms with Gasteiger partial charge < -0.3 is 10.1 Å². The van der Waals surface area contributed by atoms with Crippen LogP contribution in [0.25, 0.3) is 10.1 Å². The highest BCUT2D eigenvalue weighted by Crippen LogP contribution is 2.31. The van der Waals surface area contributed by atoms with E-state index in [9.17, 15) is 9.59 Å². The van der Waals surface area contributed by atoms with Crippen LogP contribution >= 0.6 is 11.3 Å². The highest BCUT2D eigenvalue weighted by molar-refractivity contribution is 7.21. The van der Waals surface area contributed by atoms with E-state index in [2.05, 4.69) is 10.4 Å². The van der Waals surface area contributed by atoms with Crippen molar-refractivity contribution in [2.75, 3.05) is 7.11 Å². The molecule has 0 spiro atoms. The molecule has 6 nitrogen and oxygen atoms in total. The molecule has 2 heterocycles. The van der Waals surface area contributed by atoms with Crippen molar-refractivity contribution in [3.05, 3.63) is 52.2 Å². The van der Waals surface area contributed by atoms with Crippen LogP contribution < -0.4 is 5.32 Å². The van der Waals surface area contributed by atoms with Crippen LogP contribution in [0.15, 0.2) is 30.5 Å². The number of aromatic nitrogens is 2. The van der Waals surface area contributed by atoms with E-state index in [0.717, 1.165) is 21.3 Å². The zero-order valence-electron chi connectivity index (χ0n) is 13.6. The summed E-state index contributed by atoms with van der Waals surface area (Å²) in [6.45, 7) is 2.09. The molecule has 0 saturated carbocycles. The molecule has 0 aliphatic heterocycles. The van der Waals surface area contributed by atoms with Crippen molar-refractivity contribution >= 4 is 33.3 Å². The average Bonchev–Trinajstić information content (AvgIpc) is 3.13. The number of methoxy groups -OCH3 is 1. The summed E-state index contributed by atoms with van der Waals surface area (Å²) >= 11 is 1.37. The molecule has 1 N–H and O–H groups in total. The number of aryl methyl sites for hydroxylation is 1. The van der Waals surface area contributed by atoms with Crippen molar-refractivity contribution in [2.24, 2.45) is 7.05 Å². The zero-order chi connectivity index (χ0) is 17.3. The van der Waals surface area contributed by atoms with E-state index in [4.69, 9.17) is 4.74 Å². The Kier molecular flexibility index (Phi) is 4.35. The molecule has 24 heavy (non-hydrogen) atoms. The Labute approximate surface area is 143 Å². The summed E-state index contributed by atoms with van der Waals surface area (Å²) in [5, 5.41) is 7.90. The third-order valence-electron chi connectivity index (χ3n) is 3.97. The monoisotopic (exact) mass is 343 g/mol. The van der Waals surface area contributed by atoms with E-state index >= 15 is 0 Å². The Hall–Kier alpha value is -2.67. The maximum atomic E-state index is 12.4. The van der Waals surface area contributed by atoms with E-state index in [1.165, 1.54) is 24.6 Å². The minimum atomic E-state index is -0.391. The van der Waals surface area contributed by atoms with E-state index in [1.807, 2.05) is 31.2 Å². The first-order valence-corrected chi connectivity index (χ1v) is 8.20. The van der Waals surface area contributed by atoms with Gasteiger partial charge in [0.25, 0.3) is 5.91 Å². The lowest BCUT2D eigenvalue weighted by Crippen LogP contribution is -2.24. The normalized spacial score (nSPS) is 10.8. The molecule has 0 radical (unpaired) electrons. The molecule has 1 aromatic carbocycles. The molecule has 2 aromatic heterocycles. The molecule has 7 heteroatoms. The number of esters is 1. The fraction of sp³-hybridized carbons (Fsp3) is 0.235. The van der Waals surface area contributed by atoms with Gasteiger partial charge in [0, 0.05) is 29.5 Å². The van der Waals surface area contributed by atoms with Gasteiger partial charge in [-0.25, -0.2) is 4.79 Å². The van der Waals surface area contributed by atoms with Gasteiger partial charge in [0.05, 0.1) is 18.9 Å². The van der Waals surface area contributed by atoms with Gasteiger partial charge in [-0.05, 0) is 18.4 Å². The predicted molar refractivity (Wildman–Crippen MR) is 92.3 cm³/mol. The van der Waals surface area contributed by atoms with Crippen LogP contribution in [0.5, 0.6) is 0 Å². The standard InChI is InChI=1S/C17H17N3O3S/c1-10-12(9-19-20(10)2)16(21)18-8-13-11-6-4-5-7-14(11)24-15(13)17(22)23-3/h4-7,9H,8H2,1-3H3,(H,18,21). The van der Waals surface area contributed by atoms with Crippen LogP contribution in [-0.4, -0.2) is 28.8 Å². The number of fused-ring (bicyclic) bond motifs is 1. The molecule has 3 rings (SSSR count). The van der Waals surface area contributed by atoms with E-state index < -0.39 is 5.97 Å². The number of rotatable bonds is 4. The summed E-state index contributed by atoms with van der Waals surface area (Å²) < 4.78 is 7.50. The number of ether oxygens (including phenoxy) is 1. The Morgan fingerprint density at radius 3 is 2.75 bits per heavy atom. The highest BCUT2D eigenvalue weighted by atomic mass is 32.1. The van der Waals surface area contributed by atoms with Gasteiger partial charge >= 0.3 is 5.97 Å². The van der Waals surface area contributed by atoms with Crippen molar-refractivity contribution in [3.63, 3.8) is 0 Å². The summed E-state index contributed by atoms with van der Waals surface area (Å²) in [6, 6.07) is 7.71. The van der Waals surface area contributed by atoms with E-state index in [-0.39, 0.29) is 12.5 Å². The first-order chi connectivity index (χ1) is 11.5. The van der Waals surface area contributed by atoms with Crippen LogP contribution in [0, 0.1) is 6.92 Å². The van der Waals surface area contributed by atoms with Crippen molar-refractivity contribution in [3.8, 4) is 0 Å². The van der Waals surface area contributed by atoms with Crippen LogP contribution in [0.4, 0.5) is 0 Å². The number of nitrogens with one attached hydrogen (secondary N) is 1. The van der Waals surface area contributed by atoms with E-state index in [0.29, 0.717) is 10.4 Å². The molecule has 0 aliphatic carbocycles. The summed E-state index contributed by atoms with van der Waals surface area (Å²) in [6.07, 6.45) is 1.54. The van der Waals surface area contributed by atoms with Gasteiger partial charge in [-0.2, -0.15) is 5.10 Å². The second kappa shape index (κ2) is 6.45. The number of benzene rings is 1. The van der Waals surface area contributed by atoms with Gasteiger partial charge in [0.1, 0.15) is 4.88 Å². The van der Waals surface area contributed by atoms with Gasteiger partial charge in [0.2, 0.25) is 0 Å². The minimum Gasteiger partial charge on any atom is -0.465 e. The molecule has 0 saturated heterocycles. The van der Waals surface area contributed by atoms with Crippen molar-refractivity contribution in [1.29, 1.82) is 0 Å². The first kappa shape index (κ1) is 16.2. The quantitative estimate of drug-likeness (QED) is 0.739. The maximum Gasteiger partial charge on any atom is 0.348 e. The number of amides is 1. The topological polar surface area (TPSA) is 73.2 Å². The fourth-order valence-corrected chi connectivity index (χ4v) is 3.66. The van der Waals surface area contributed by atoms with Crippen LogP contribution in [0.3, 0.4) is 0 Å². The molecule has 0 atom stereocenters. The molecule has 0 aliphatic rings. The van der Waals surface area contributed by atoms with Crippen molar-refractivity contribution in [1.82, 2.24) is 15.1 Å². The SMILES string of the molecule is COC(=O)c1sc2ccccc2c1CNC(=O)c1cnn(C)c1C. The van der Waals surface area contributed by atoms with Crippen molar-refractivity contribution in [2.45, 2.75) is 13.5 Å². The highest BCUT2D eigenvalue weighted by Gasteiger charge is 2.20. The maximum absolute atomic E-state index is 12.4. The minimum absolute atomic E-state index is 0.216. The second-order valence-corrected chi connectivity index (χ2v) is 6.40. The van der Waals surface area contributed by atoms with Crippen LogP contribution in [0.1, 0.15) is 31.3 Å². The molecular weight excluding hydrogens is 326 g/mol. The van der Waals surface area contributed by atoms with E-state index in [1.54, 1.807) is 11.7 Å². The van der Waals surface area contributed by atoms with Crippen LogP contribution in [0.2, 0.25) is 0 Å². The molecule has 124 valence electrons. The van der Waals surface area contributed by atoms with Crippen molar-refractivity contribution < 1.29 is 14.3 Å². The number of hydrogen-bond donors (Lipinski definition) is 1. The lowest BCUT2D eigenvalue weighted by Gasteiger charge is -2.06. The zero-order valence-corrected chi connectivity index (χ0v) is 14.4. The van der Waals surface area contributed by atoms with Gasteiger partial charge in [-0.1, -0.05) is 18.2 Å². The molecular formula is C17H17N3O3S. The number of carbonyl (C=O) groups is 2. The number of hydrogen-bond acceptors (Lipinski definition) is 5. The third-order valence-corrected chi connectivity index (χ3v) is 5.17. The molecule has 0 fully saturated rings. The molecule has 0 unspecified atom stereocenters. The smallest absolute Gasteiger partial charge is 0.348 e. The molecule has 3 aromatic rings. The largest absolute Gasteiger partial charge is 0.465 e. The summed E-state index contributed by atoms with van der Waals surface area (Å²) in [4.78, 5) is 24.9. The summed E-state index contributed by atoms with van der Waals surface area (Å²) in [5.74, 6) is -0.607. The lowest BCUT2D eigenvalue weighted by molar-refractivity contribution is 0.0604. The Morgan fingerprint density at radius 2 is 2.08 bits per heavy atom. The Morgan fingerprint density at radius 1 is 1.33 bits per heavy atom. The summed E-state index contributed by atoms with van der Waals surface area (Å²) in [7, 11) is 3.14. The lowest BCUT2D eigenvalue weighted by atomic mass is 10.1. The van der Waals surface area contributed by atoms with Gasteiger partial charge in [-0.15, -0.1) is 11.3 Å². The molecule has 1 amide bonds. The fourth-order valence-electron chi connectivity index (χ4n) is 2.52. The number of carbonyl (C=O) groups excluding carboxylic acids is 2. The summed E-state index contributed by atoms with van der Waals surface area (Å²) in [5.41, 5.74) is 2.09.